The van der Waals surface area contributed by atoms with E-state index in [0.29, 0.717) is 0 Å². The first kappa shape index (κ1) is 39.4. The molecule has 65 heavy (non-hydrogen) atoms. The number of furan rings is 1. The van der Waals surface area contributed by atoms with Gasteiger partial charge in [0, 0.05) is 66.2 Å². The van der Waals surface area contributed by atoms with E-state index in [4.69, 9.17) is 4.42 Å². The fraction of sp³-hybridized carbons (Fsp3) is 0.311. The Balaban J connectivity index is 1.16. The van der Waals surface area contributed by atoms with Crippen LogP contribution in [-0.4, -0.2) is 12.3 Å². The maximum Gasteiger partial charge on any atom is 0.194 e. The monoisotopic (exact) mass is 846 g/mol. The summed E-state index contributed by atoms with van der Waals surface area (Å²) in [7, 11) is 0.825. The van der Waals surface area contributed by atoms with Gasteiger partial charge in [-0.15, -0.1) is 0 Å². The number of benzene rings is 7. The fourth-order valence-corrected chi connectivity index (χ4v) is 13.2. The van der Waals surface area contributed by atoms with E-state index in [-0.39, 0.29) is 27.1 Å². The van der Waals surface area contributed by atoms with Crippen LogP contribution in [0.3, 0.4) is 0 Å². The Morgan fingerprint density at radius 2 is 1.18 bits per heavy atom. The van der Waals surface area contributed by atoms with Gasteiger partial charge in [-0.05, 0) is 128 Å². The fourth-order valence-electron chi connectivity index (χ4n) is 13.2. The first-order valence-corrected chi connectivity index (χ1v) is 24.2. The average Bonchev–Trinajstić information content (AvgIpc) is 3.93. The Morgan fingerprint density at radius 3 is 1.94 bits per heavy atom. The Kier molecular flexibility index (Phi) is 7.67. The summed E-state index contributed by atoms with van der Waals surface area (Å²) in [5.74, 6) is 0. The summed E-state index contributed by atoms with van der Waals surface area (Å²) >= 11 is 0. The lowest BCUT2D eigenvalue weighted by atomic mass is 9.52. The van der Waals surface area contributed by atoms with Crippen molar-refractivity contribution in [3.05, 3.63) is 154 Å². The summed E-state index contributed by atoms with van der Waals surface area (Å²) in [6.07, 6.45) is 4.75. The zero-order chi connectivity index (χ0) is 44.7. The molecular formula is C61H59BN2O. The van der Waals surface area contributed by atoms with Crippen LogP contribution in [0, 0.1) is 0 Å². The van der Waals surface area contributed by atoms with Crippen LogP contribution in [0.5, 0.6) is 0 Å². The van der Waals surface area contributed by atoms with E-state index in [9.17, 15) is 0 Å². The molecule has 0 fully saturated rings. The van der Waals surface area contributed by atoms with Gasteiger partial charge in [0.15, 0.2) is 7.28 Å². The number of hydrogen-bond acceptors (Lipinski definition) is 2. The van der Waals surface area contributed by atoms with Crippen LogP contribution in [0.15, 0.2) is 125 Å². The first-order valence-electron chi connectivity index (χ1n) is 24.2. The van der Waals surface area contributed by atoms with Crippen molar-refractivity contribution in [2.24, 2.45) is 0 Å². The van der Waals surface area contributed by atoms with Crippen LogP contribution in [-0.2, 0) is 27.1 Å². The van der Waals surface area contributed by atoms with Crippen LogP contribution in [0.25, 0.3) is 71.3 Å². The number of aromatic amines is 1. The number of rotatable bonds is 2. The van der Waals surface area contributed by atoms with Crippen molar-refractivity contribution in [3.8, 4) is 11.1 Å². The number of para-hydroxylation sites is 2. The molecule has 2 aromatic heterocycles. The molecular weight excluding hydrogens is 787 g/mol. The molecule has 0 amide bonds. The molecule has 1 N–H and O–H groups in total. The molecule has 9 aromatic rings. The number of aromatic nitrogens is 1. The lowest BCUT2D eigenvalue weighted by Crippen LogP contribution is -2.38. The Hall–Kier alpha value is -6.00. The molecule has 0 saturated heterocycles. The van der Waals surface area contributed by atoms with E-state index >= 15 is 0 Å². The van der Waals surface area contributed by atoms with Gasteiger partial charge in [0.1, 0.15) is 11.2 Å². The molecule has 4 aliphatic rings. The predicted molar refractivity (Wildman–Crippen MR) is 278 cm³/mol. The summed E-state index contributed by atoms with van der Waals surface area (Å²) in [6.45, 7) is 24.7. The number of nitrogens with one attached hydrogen (secondary N) is 1. The third kappa shape index (κ3) is 5.26. The molecule has 3 aliphatic carbocycles. The molecule has 0 bridgehead atoms. The van der Waals surface area contributed by atoms with Crippen molar-refractivity contribution < 1.29 is 4.42 Å². The summed E-state index contributed by atoms with van der Waals surface area (Å²) in [4.78, 5) is 6.71. The zero-order valence-corrected chi connectivity index (χ0v) is 39.9. The minimum atomic E-state index is -0.213. The SMILES string of the molecule is CC1(C)CCC(C)(C)c2cc(N3C4=C(Bc5c3cc3c(oc6ccccc63)c5-c3cccc5c3[nH]c3ccc6ccccc6c35)C(C)(C)c3cc5c(cc34)C(C)(C)CCC5(C)C)ccc21. The Labute approximate surface area is 384 Å². The van der Waals surface area contributed by atoms with E-state index in [1.54, 1.807) is 0 Å². The lowest BCUT2D eigenvalue weighted by Gasteiger charge is -2.43. The Morgan fingerprint density at radius 1 is 0.538 bits per heavy atom. The van der Waals surface area contributed by atoms with E-state index in [1.165, 1.54) is 120 Å². The molecule has 0 unspecified atom stereocenters. The van der Waals surface area contributed by atoms with Gasteiger partial charge in [0.2, 0.25) is 0 Å². The minimum absolute atomic E-state index is 0.0591. The highest BCUT2D eigenvalue weighted by Gasteiger charge is 2.48. The number of nitrogens with zero attached hydrogens (tertiary/aromatic N) is 1. The van der Waals surface area contributed by atoms with Gasteiger partial charge in [-0.1, -0.05) is 154 Å². The summed E-state index contributed by atoms with van der Waals surface area (Å²) in [5.41, 5.74) is 22.3. The third-order valence-electron chi connectivity index (χ3n) is 17.4. The van der Waals surface area contributed by atoms with E-state index in [2.05, 4.69) is 194 Å². The highest BCUT2D eigenvalue weighted by Crippen LogP contribution is 2.58. The maximum absolute atomic E-state index is 7.15. The van der Waals surface area contributed by atoms with Crippen LogP contribution in [0.2, 0.25) is 0 Å². The second kappa shape index (κ2) is 12.7. The molecule has 4 heteroatoms. The Bertz CT molecular complexity index is 3620. The van der Waals surface area contributed by atoms with Gasteiger partial charge < -0.3 is 14.3 Å². The van der Waals surface area contributed by atoms with Crippen molar-refractivity contribution in [2.45, 2.75) is 122 Å². The van der Waals surface area contributed by atoms with Crippen molar-refractivity contribution in [3.63, 3.8) is 0 Å². The number of anilines is 2. The minimum Gasteiger partial charge on any atom is -0.455 e. The number of allylic oxidation sites excluding steroid dienone is 1. The van der Waals surface area contributed by atoms with Gasteiger partial charge in [-0.2, -0.15) is 0 Å². The van der Waals surface area contributed by atoms with Gasteiger partial charge >= 0.3 is 0 Å². The highest BCUT2D eigenvalue weighted by molar-refractivity contribution is 6.69. The second-order valence-electron chi connectivity index (χ2n) is 23.5. The summed E-state index contributed by atoms with van der Waals surface area (Å²) < 4.78 is 7.15. The van der Waals surface area contributed by atoms with Gasteiger partial charge in [-0.3, -0.25) is 0 Å². The first-order chi connectivity index (χ1) is 30.9. The van der Waals surface area contributed by atoms with Gasteiger partial charge in [0.25, 0.3) is 0 Å². The molecule has 0 saturated carbocycles. The lowest BCUT2D eigenvalue weighted by molar-refractivity contribution is 0.331. The molecule has 13 rings (SSSR count). The normalized spacial score (nSPS) is 19.6. The van der Waals surface area contributed by atoms with Crippen molar-refractivity contribution in [2.75, 3.05) is 4.90 Å². The topological polar surface area (TPSA) is 32.2 Å². The third-order valence-corrected chi connectivity index (χ3v) is 17.4. The molecule has 0 radical (unpaired) electrons. The molecule has 0 spiro atoms. The van der Waals surface area contributed by atoms with Crippen LogP contribution in [0.1, 0.15) is 128 Å². The van der Waals surface area contributed by atoms with E-state index < -0.39 is 0 Å². The molecule has 3 nitrogen and oxygen atoms in total. The summed E-state index contributed by atoms with van der Waals surface area (Å²) in [5, 5.41) is 7.36. The largest absolute Gasteiger partial charge is 0.455 e. The second-order valence-corrected chi connectivity index (χ2v) is 23.5. The van der Waals surface area contributed by atoms with Crippen molar-refractivity contribution in [1.82, 2.24) is 4.98 Å². The highest BCUT2D eigenvalue weighted by atomic mass is 16.3. The van der Waals surface area contributed by atoms with Crippen LogP contribution in [0.4, 0.5) is 11.4 Å². The molecule has 1 aliphatic heterocycles. The quantitative estimate of drug-likeness (QED) is 0.176. The number of fused-ring (bicyclic) bond motifs is 13. The van der Waals surface area contributed by atoms with E-state index in [0.717, 1.165) is 40.3 Å². The summed E-state index contributed by atoms with van der Waals surface area (Å²) in [6, 6.07) is 44.2. The van der Waals surface area contributed by atoms with Crippen molar-refractivity contribution >= 4 is 84.3 Å². The molecule has 322 valence electrons. The molecule has 7 aromatic carbocycles. The number of H-pyrrole nitrogens is 1. The zero-order valence-electron chi connectivity index (χ0n) is 39.9. The predicted octanol–water partition coefficient (Wildman–Crippen LogP) is 15.6. The number of hydrogen-bond donors (Lipinski definition) is 1. The molecule has 3 heterocycles. The maximum atomic E-state index is 7.15. The van der Waals surface area contributed by atoms with Crippen LogP contribution >= 0.6 is 0 Å². The standard InChI is InChI=1S/C61H59BN2O/c1-57(2)26-27-58(3,4)44-30-35(23-24-42(44)57)64-48-32-40-37-18-13-14-21-49(37)65-55(40)51(39-20-15-19-38-50-36-17-12-11-16-34(36)22-25-47(50)63-53(38)39)52(48)62-56-54(64)41-31-45-46(33-43(41)61(56,9)10)60(7,8)29-28-59(45,5)6/h11-25,30-33,62-63H,26-29H2,1-10H3. The smallest absolute Gasteiger partial charge is 0.194 e. The average molecular weight is 847 g/mol. The molecule has 0 atom stereocenters. The van der Waals surface area contributed by atoms with Gasteiger partial charge in [-0.25, -0.2) is 0 Å². The van der Waals surface area contributed by atoms with Crippen molar-refractivity contribution in [1.29, 1.82) is 0 Å². The van der Waals surface area contributed by atoms with E-state index in [1.807, 2.05) is 0 Å². The van der Waals surface area contributed by atoms with Crippen LogP contribution < -0.4 is 10.4 Å². The van der Waals surface area contributed by atoms with Gasteiger partial charge in [0.05, 0.1) is 5.52 Å².